The Balaban J connectivity index is 1.20. The third kappa shape index (κ3) is 4.61. The molecule has 0 saturated carbocycles. The summed E-state index contributed by atoms with van der Waals surface area (Å²) in [6.45, 7) is 12.9. The number of aromatic nitrogens is 2. The van der Waals surface area contributed by atoms with Crippen molar-refractivity contribution in [3.05, 3.63) is 59.9 Å². The van der Waals surface area contributed by atoms with Crippen LogP contribution in [0.2, 0.25) is 0 Å². The van der Waals surface area contributed by atoms with E-state index in [0.717, 1.165) is 93.2 Å². The molecule has 7 nitrogen and oxygen atoms in total. The van der Waals surface area contributed by atoms with Crippen LogP contribution in [0.4, 0.5) is 10.1 Å². The van der Waals surface area contributed by atoms with E-state index in [1.165, 1.54) is 0 Å². The maximum Gasteiger partial charge on any atom is 0.151 e. The standard InChI is InChI=1S/C28H34FN5O2/c1-20(2)32-7-9-33(10-8-32)23-4-5-24(25(29)16-23)21-3-6-26-27(15-21)36-19-28-30-22(18-34(26)28)17-31-11-13-35-14-12-31/h3-6,15-16,18,20H,7-14,17,19H2,1-2H3. The number of ether oxygens (including phenoxy) is 2. The fourth-order valence-electron chi connectivity index (χ4n) is 5.42. The van der Waals surface area contributed by atoms with E-state index in [1.807, 2.05) is 30.3 Å². The predicted octanol–water partition coefficient (Wildman–Crippen LogP) is 3.93. The van der Waals surface area contributed by atoms with Crippen molar-refractivity contribution in [3.8, 4) is 22.6 Å². The van der Waals surface area contributed by atoms with Crippen LogP contribution in [0.15, 0.2) is 42.6 Å². The van der Waals surface area contributed by atoms with Gasteiger partial charge in [0.2, 0.25) is 0 Å². The minimum Gasteiger partial charge on any atom is -0.483 e. The summed E-state index contributed by atoms with van der Waals surface area (Å²) < 4.78 is 28.9. The number of nitrogens with zero attached hydrogens (tertiary/aromatic N) is 5. The van der Waals surface area contributed by atoms with Crippen molar-refractivity contribution in [2.45, 2.75) is 33.0 Å². The number of hydrogen-bond acceptors (Lipinski definition) is 6. The second-order valence-electron chi connectivity index (χ2n) is 10.2. The maximum absolute atomic E-state index is 15.3. The Kier molecular flexibility index (Phi) is 6.41. The monoisotopic (exact) mass is 491 g/mol. The Morgan fingerprint density at radius 2 is 1.78 bits per heavy atom. The zero-order valence-electron chi connectivity index (χ0n) is 21.1. The average molecular weight is 492 g/mol. The lowest BCUT2D eigenvalue weighted by atomic mass is 10.0. The smallest absolute Gasteiger partial charge is 0.151 e. The molecular weight excluding hydrogens is 457 g/mol. The highest BCUT2D eigenvalue weighted by molar-refractivity contribution is 5.71. The molecule has 2 saturated heterocycles. The Labute approximate surface area is 212 Å². The van der Waals surface area contributed by atoms with Crippen molar-refractivity contribution in [1.82, 2.24) is 19.4 Å². The largest absolute Gasteiger partial charge is 0.483 e. The Bertz CT molecular complexity index is 1230. The van der Waals surface area contributed by atoms with Gasteiger partial charge in [0.1, 0.15) is 18.2 Å². The van der Waals surface area contributed by atoms with Crippen LogP contribution in [0.1, 0.15) is 25.4 Å². The SMILES string of the molecule is CC(C)N1CCN(c2ccc(-c3ccc4c(c3)OCc3nc(CN5CCOCC5)cn3-4)c(F)c2)CC1. The Hall–Kier alpha value is -2.94. The van der Waals surface area contributed by atoms with Crippen molar-refractivity contribution in [1.29, 1.82) is 0 Å². The first kappa shape index (κ1) is 23.5. The molecule has 0 radical (unpaired) electrons. The molecule has 0 aliphatic carbocycles. The first-order valence-corrected chi connectivity index (χ1v) is 13.0. The first-order chi connectivity index (χ1) is 17.5. The maximum atomic E-state index is 15.3. The molecule has 0 unspecified atom stereocenters. The number of morpholine rings is 1. The van der Waals surface area contributed by atoms with Gasteiger partial charge in [-0.3, -0.25) is 14.4 Å². The lowest BCUT2D eigenvalue weighted by Gasteiger charge is -2.38. The Morgan fingerprint density at radius 1 is 0.972 bits per heavy atom. The second kappa shape index (κ2) is 9.84. The highest BCUT2D eigenvalue weighted by Gasteiger charge is 2.23. The van der Waals surface area contributed by atoms with Gasteiger partial charge in [0, 0.05) is 69.3 Å². The van der Waals surface area contributed by atoms with Crippen LogP contribution in [0, 0.1) is 5.82 Å². The molecule has 36 heavy (non-hydrogen) atoms. The van der Waals surface area contributed by atoms with Crippen molar-refractivity contribution >= 4 is 5.69 Å². The molecule has 0 N–H and O–H groups in total. The van der Waals surface area contributed by atoms with E-state index in [1.54, 1.807) is 6.07 Å². The van der Waals surface area contributed by atoms with Gasteiger partial charge in [0.25, 0.3) is 0 Å². The van der Waals surface area contributed by atoms with Gasteiger partial charge in [-0.1, -0.05) is 6.07 Å². The number of halogens is 1. The van der Waals surface area contributed by atoms with Gasteiger partial charge in [-0.05, 0) is 49.7 Å². The molecule has 3 aromatic rings. The van der Waals surface area contributed by atoms with E-state index in [-0.39, 0.29) is 5.82 Å². The summed E-state index contributed by atoms with van der Waals surface area (Å²) in [5, 5.41) is 0. The van der Waals surface area contributed by atoms with E-state index in [0.29, 0.717) is 18.2 Å². The number of fused-ring (bicyclic) bond motifs is 3. The molecule has 3 aliphatic heterocycles. The van der Waals surface area contributed by atoms with E-state index >= 15 is 4.39 Å². The number of benzene rings is 2. The van der Waals surface area contributed by atoms with Gasteiger partial charge in [-0.25, -0.2) is 9.37 Å². The Morgan fingerprint density at radius 3 is 2.53 bits per heavy atom. The molecule has 4 heterocycles. The molecule has 190 valence electrons. The topological polar surface area (TPSA) is 46.0 Å². The van der Waals surface area contributed by atoms with E-state index in [9.17, 15) is 0 Å². The minimum atomic E-state index is -0.203. The third-order valence-corrected chi connectivity index (χ3v) is 7.57. The number of piperazine rings is 1. The molecule has 2 fully saturated rings. The predicted molar refractivity (Wildman–Crippen MR) is 138 cm³/mol. The summed E-state index contributed by atoms with van der Waals surface area (Å²) in [5.41, 5.74) is 4.34. The van der Waals surface area contributed by atoms with Crippen LogP contribution in [0.3, 0.4) is 0 Å². The molecule has 0 atom stereocenters. The lowest BCUT2D eigenvalue weighted by molar-refractivity contribution is 0.0337. The van der Waals surface area contributed by atoms with E-state index in [2.05, 4.69) is 39.3 Å². The molecule has 2 aromatic carbocycles. The van der Waals surface area contributed by atoms with Gasteiger partial charge in [0.05, 0.1) is 24.6 Å². The van der Waals surface area contributed by atoms with Crippen LogP contribution in [0.25, 0.3) is 16.8 Å². The average Bonchev–Trinajstić information content (AvgIpc) is 3.32. The van der Waals surface area contributed by atoms with Gasteiger partial charge in [0.15, 0.2) is 5.82 Å². The molecule has 1 aromatic heterocycles. The van der Waals surface area contributed by atoms with Crippen molar-refractivity contribution in [3.63, 3.8) is 0 Å². The number of anilines is 1. The fraction of sp³-hybridized carbons (Fsp3) is 0.464. The van der Waals surface area contributed by atoms with E-state index in [4.69, 9.17) is 14.5 Å². The van der Waals surface area contributed by atoms with Crippen LogP contribution >= 0.6 is 0 Å². The van der Waals surface area contributed by atoms with Gasteiger partial charge >= 0.3 is 0 Å². The van der Waals surface area contributed by atoms with Crippen LogP contribution in [-0.4, -0.2) is 77.9 Å². The summed E-state index contributed by atoms with van der Waals surface area (Å²) in [6, 6.07) is 12.1. The zero-order valence-corrected chi connectivity index (χ0v) is 21.1. The first-order valence-electron chi connectivity index (χ1n) is 13.0. The summed E-state index contributed by atoms with van der Waals surface area (Å²) >= 11 is 0. The quantitative estimate of drug-likeness (QED) is 0.539. The molecule has 0 amide bonds. The molecule has 8 heteroatoms. The van der Waals surface area contributed by atoms with Crippen LogP contribution in [0.5, 0.6) is 5.75 Å². The molecular formula is C28H34FN5O2. The summed E-state index contributed by atoms with van der Waals surface area (Å²) in [5.74, 6) is 1.45. The van der Waals surface area contributed by atoms with E-state index < -0.39 is 0 Å². The lowest BCUT2D eigenvalue weighted by Crippen LogP contribution is -2.48. The third-order valence-electron chi connectivity index (χ3n) is 7.57. The van der Waals surface area contributed by atoms with Crippen LogP contribution < -0.4 is 9.64 Å². The normalized spacial score (nSPS) is 18.7. The van der Waals surface area contributed by atoms with Gasteiger partial charge in [-0.2, -0.15) is 0 Å². The molecule has 3 aliphatic rings. The highest BCUT2D eigenvalue weighted by Crippen LogP contribution is 2.36. The van der Waals surface area contributed by atoms with Gasteiger partial charge < -0.3 is 14.4 Å². The minimum absolute atomic E-state index is 0.203. The number of imidazole rings is 1. The summed E-state index contributed by atoms with van der Waals surface area (Å²) in [4.78, 5) is 11.9. The van der Waals surface area contributed by atoms with Crippen molar-refractivity contribution in [2.24, 2.45) is 0 Å². The summed E-state index contributed by atoms with van der Waals surface area (Å²) in [6.07, 6.45) is 2.10. The number of rotatable bonds is 5. The summed E-state index contributed by atoms with van der Waals surface area (Å²) in [7, 11) is 0. The second-order valence-corrected chi connectivity index (χ2v) is 10.2. The van der Waals surface area contributed by atoms with Crippen molar-refractivity contribution in [2.75, 3.05) is 57.4 Å². The van der Waals surface area contributed by atoms with Crippen molar-refractivity contribution < 1.29 is 13.9 Å². The highest BCUT2D eigenvalue weighted by atomic mass is 19.1. The van der Waals surface area contributed by atoms with Gasteiger partial charge in [-0.15, -0.1) is 0 Å². The fourth-order valence-corrected chi connectivity index (χ4v) is 5.42. The zero-order chi connectivity index (χ0) is 24.6. The van der Waals surface area contributed by atoms with Crippen LogP contribution in [-0.2, 0) is 17.9 Å². The number of hydrogen-bond donors (Lipinski definition) is 0. The molecule has 0 spiro atoms. The molecule has 0 bridgehead atoms. The molecule has 6 rings (SSSR count).